The predicted octanol–water partition coefficient (Wildman–Crippen LogP) is 2.70. The maximum absolute atomic E-state index is 6.24. The summed E-state index contributed by atoms with van der Waals surface area (Å²) in [4.78, 5) is 5.61. The van der Waals surface area contributed by atoms with Gasteiger partial charge in [0.25, 0.3) is 0 Å². The number of hydrogen-bond acceptors (Lipinski definition) is 3. The largest absolute Gasteiger partial charge is 0.327 e. The molecule has 0 spiro atoms. The van der Waals surface area contributed by atoms with Crippen molar-refractivity contribution in [3.8, 4) is 0 Å². The highest BCUT2D eigenvalue weighted by Crippen LogP contribution is 2.25. The Morgan fingerprint density at radius 2 is 2.31 bits per heavy atom. The minimum absolute atomic E-state index is 0.169. The third-order valence-corrected chi connectivity index (χ3v) is 4.26. The number of nitrogens with zero attached hydrogens (tertiary/aromatic N) is 2. The van der Waals surface area contributed by atoms with E-state index in [-0.39, 0.29) is 11.5 Å². The van der Waals surface area contributed by atoms with Crippen molar-refractivity contribution in [2.45, 2.75) is 39.7 Å². The van der Waals surface area contributed by atoms with E-state index >= 15 is 0 Å². The lowest BCUT2D eigenvalue weighted by Crippen LogP contribution is -2.38. The van der Waals surface area contributed by atoms with Gasteiger partial charge in [0, 0.05) is 30.2 Å². The molecule has 0 bridgehead atoms. The van der Waals surface area contributed by atoms with E-state index in [1.807, 2.05) is 11.6 Å². The molecule has 0 saturated carbocycles. The first-order valence-electron chi connectivity index (χ1n) is 5.69. The van der Waals surface area contributed by atoms with Crippen LogP contribution in [0.25, 0.3) is 4.96 Å². The molecule has 0 fully saturated rings. The zero-order valence-electron chi connectivity index (χ0n) is 10.1. The molecule has 2 aromatic rings. The number of imidazole rings is 1. The molecule has 2 rings (SSSR count). The molecule has 1 unspecified atom stereocenters. The van der Waals surface area contributed by atoms with E-state index in [1.54, 1.807) is 11.3 Å². The van der Waals surface area contributed by atoms with Crippen LogP contribution < -0.4 is 5.73 Å². The van der Waals surface area contributed by atoms with Crippen LogP contribution >= 0.6 is 11.3 Å². The quantitative estimate of drug-likeness (QED) is 0.888. The third-order valence-electron chi connectivity index (χ3n) is 3.49. The first-order valence-corrected chi connectivity index (χ1v) is 6.57. The number of nitrogens with two attached hydrogens (primary N) is 1. The molecule has 2 aromatic heterocycles. The van der Waals surface area contributed by atoms with Crippen molar-refractivity contribution in [2.24, 2.45) is 11.1 Å². The van der Waals surface area contributed by atoms with Crippen LogP contribution in [0.5, 0.6) is 0 Å². The summed E-state index contributed by atoms with van der Waals surface area (Å²) in [6.45, 7) is 6.62. The fourth-order valence-corrected chi connectivity index (χ4v) is 2.36. The number of thiazole rings is 1. The summed E-state index contributed by atoms with van der Waals surface area (Å²) in [5.41, 5.74) is 7.51. The highest BCUT2D eigenvalue weighted by Gasteiger charge is 2.25. The van der Waals surface area contributed by atoms with E-state index in [2.05, 4.69) is 36.4 Å². The normalized spacial score (nSPS) is 14.5. The van der Waals surface area contributed by atoms with Crippen LogP contribution in [0.2, 0.25) is 0 Å². The van der Waals surface area contributed by atoms with E-state index < -0.39 is 0 Å². The monoisotopic (exact) mass is 237 g/mol. The van der Waals surface area contributed by atoms with Gasteiger partial charge in [-0.05, 0) is 11.8 Å². The molecule has 0 radical (unpaired) electrons. The average Bonchev–Trinajstić information content (AvgIpc) is 2.77. The highest BCUT2D eigenvalue weighted by molar-refractivity contribution is 7.15. The van der Waals surface area contributed by atoms with Crippen LogP contribution in [0.3, 0.4) is 0 Å². The molecule has 0 saturated heterocycles. The van der Waals surface area contributed by atoms with Gasteiger partial charge in [-0.1, -0.05) is 20.8 Å². The van der Waals surface area contributed by atoms with Crippen LogP contribution in [0.1, 0.15) is 32.9 Å². The lowest BCUT2D eigenvalue weighted by Gasteiger charge is -2.29. The molecule has 2 heterocycles. The molecule has 0 amide bonds. The fourth-order valence-electron chi connectivity index (χ4n) is 1.64. The molecular formula is C12H19N3S. The van der Waals surface area contributed by atoms with Crippen molar-refractivity contribution in [3.63, 3.8) is 0 Å². The zero-order chi connectivity index (χ0) is 11.8. The van der Waals surface area contributed by atoms with Crippen molar-refractivity contribution < 1.29 is 0 Å². The molecule has 2 N–H and O–H groups in total. The van der Waals surface area contributed by atoms with E-state index in [9.17, 15) is 0 Å². The summed E-state index contributed by atoms with van der Waals surface area (Å²) in [6, 6.07) is 0.169. The van der Waals surface area contributed by atoms with Crippen molar-refractivity contribution in [3.05, 3.63) is 23.5 Å². The molecule has 1 atom stereocenters. The predicted molar refractivity (Wildman–Crippen MR) is 68.8 cm³/mol. The molecule has 0 aliphatic carbocycles. The first kappa shape index (κ1) is 11.6. The van der Waals surface area contributed by atoms with Gasteiger partial charge in [0.2, 0.25) is 0 Å². The maximum atomic E-state index is 6.24. The minimum atomic E-state index is 0.169. The molecular weight excluding hydrogens is 218 g/mol. The van der Waals surface area contributed by atoms with Crippen molar-refractivity contribution >= 4 is 16.3 Å². The SMILES string of the molecule is CCC(C)(C)C(N)Cc1cn2ccsc2n1. The second-order valence-electron chi connectivity index (χ2n) is 4.98. The van der Waals surface area contributed by atoms with Gasteiger partial charge in [0.15, 0.2) is 4.96 Å². The second kappa shape index (κ2) is 4.18. The summed E-state index contributed by atoms with van der Waals surface area (Å²) in [5, 5.41) is 2.04. The molecule has 0 aromatic carbocycles. The number of rotatable bonds is 4. The van der Waals surface area contributed by atoms with Crippen LogP contribution in [-0.2, 0) is 6.42 Å². The summed E-state index contributed by atoms with van der Waals surface area (Å²) in [5.74, 6) is 0. The Hall–Kier alpha value is -0.870. The van der Waals surface area contributed by atoms with Gasteiger partial charge in [-0.2, -0.15) is 0 Å². The van der Waals surface area contributed by atoms with Gasteiger partial charge in [0.05, 0.1) is 5.69 Å². The Bertz CT molecular complexity index is 441. The summed E-state index contributed by atoms with van der Waals surface area (Å²) in [6.07, 6.45) is 6.07. The minimum Gasteiger partial charge on any atom is -0.327 e. The van der Waals surface area contributed by atoms with Crippen molar-refractivity contribution in [1.82, 2.24) is 9.38 Å². The summed E-state index contributed by atoms with van der Waals surface area (Å²) >= 11 is 1.66. The molecule has 0 aliphatic heterocycles. The van der Waals surface area contributed by atoms with Crippen LogP contribution in [0.15, 0.2) is 17.8 Å². The zero-order valence-corrected chi connectivity index (χ0v) is 10.9. The molecule has 16 heavy (non-hydrogen) atoms. The Labute approximate surface area is 100 Å². The van der Waals surface area contributed by atoms with Gasteiger partial charge >= 0.3 is 0 Å². The van der Waals surface area contributed by atoms with E-state index in [0.717, 1.165) is 23.5 Å². The van der Waals surface area contributed by atoms with E-state index in [0.29, 0.717) is 0 Å². The standard InChI is InChI=1S/C12H19N3S/c1-4-12(2,3)10(13)7-9-8-15-5-6-16-11(15)14-9/h5-6,8,10H,4,7,13H2,1-3H3. The van der Waals surface area contributed by atoms with Gasteiger partial charge in [-0.3, -0.25) is 4.40 Å². The van der Waals surface area contributed by atoms with Gasteiger partial charge in [-0.25, -0.2) is 4.98 Å². The summed E-state index contributed by atoms with van der Waals surface area (Å²) < 4.78 is 2.06. The van der Waals surface area contributed by atoms with Gasteiger partial charge in [-0.15, -0.1) is 11.3 Å². The number of hydrogen-bond donors (Lipinski definition) is 1. The van der Waals surface area contributed by atoms with Crippen LogP contribution in [0.4, 0.5) is 0 Å². The van der Waals surface area contributed by atoms with Crippen LogP contribution in [0, 0.1) is 5.41 Å². The Kier molecular flexibility index (Phi) is 3.04. The molecule has 0 aliphatic rings. The van der Waals surface area contributed by atoms with Crippen molar-refractivity contribution in [2.75, 3.05) is 0 Å². The first-order chi connectivity index (χ1) is 7.53. The van der Waals surface area contributed by atoms with Crippen LogP contribution in [-0.4, -0.2) is 15.4 Å². The van der Waals surface area contributed by atoms with Gasteiger partial charge < -0.3 is 5.73 Å². The smallest absolute Gasteiger partial charge is 0.193 e. The molecule has 4 heteroatoms. The maximum Gasteiger partial charge on any atom is 0.193 e. The van der Waals surface area contributed by atoms with Gasteiger partial charge in [0.1, 0.15) is 0 Å². The fraction of sp³-hybridized carbons (Fsp3) is 0.583. The second-order valence-corrected chi connectivity index (χ2v) is 5.85. The number of fused-ring (bicyclic) bond motifs is 1. The molecule has 3 nitrogen and oxygen atoms in total. The Morgan fingerprint density at radius 1 is 1.56 bits per heavy atom. The third kappa shape index (κ3) is 2.13. The lowest BCUT2D eigenvalue weighted by molar-refractivity contribution is 0.271. The van der Waals surface area contributed by atoms with E-state index in [4.69, 9.17) is 5.73 Å². The van der Waals surface area contributed by atoms with E-state index in [1.165, 1.54) is 0 Å². The van der Waals surface area contributed by atoms with Crippen molar-refractivity contribution in [1.29, 1.82) is 0 Å². The highest BCUT2D eigenvalue weighted by atomic mass is 32.1. The Balaban J connectivity index is 2.13. The topological polar surface area (TPSA) is 43.3 Å². The lowest BCUT2D eigenvalue weighted by atomic mass is 9.80. The molecule has 88 valence electrons. The summed E-state index contributed by atoms with van der Waals surface area (Å²) in [7, 11) is 0. The Morgan fingerprint density at radius 3 is 2.94 bits per heavy atom. The number of aromatic nitrogens is 2. The average molecular weight is 237 g/mol.